The van der Waals surface area contributed by atoms with Gasteiger partial charge < -0.3 is 10.1 Å². The molecule has 1 aliphatic heterocycles. The van der Waals surface area contributed by atoms with Gasteiger partial charge in [0.05, 0.1) is 13.2 Å². The second-order valence-corrected chi connectivity index (χ2v) is 4.92. The molecule has 0 aromatic heterocycles. The Balaban J connectivity index is 2.04. The summed E-state index contributed by atoms with van der Waals surface area (Å²) in [4.78, 5) is 4.47. The van der Waals surface area contributed by atoms with Gasteiger partial charge in [0.25, 0.3) is 0 Å². The number of unbranched alkanes of at least 4 members (excludes halogenated alkanes) is 1. The van der Waals surface area contributed by atoms with Crippen LogP contribution >= 0.6 is 11.8 Å². The summed E-state index contributed by atoms with van der Waals surface area (Å²) >= 11 is 1.82. The largest absolute Gasteiger partial charge is 0.380 e. The third kappa shape index (κ3) is 6.05. The average molecular weight is 230 g/mol. The van der Waals surface area contributed by atoms with E-state index in [1.165, 1.54) is 18.6 Å². The lowest BCUT2D eigenvalue weighted by Gasteiger charge is -2.21. The fourth-order valence-electron chi connectivity index (χ4n) is 1.31. The van der Waals surface area contributed by atoms with E-state index in [0.29, 0.717) is 6.04 Å². The Morgan fingerprint density at radius 1 is 1.53 bits per heavy atom. The predicted molar refractivity (Wildman–Crippen MR) is 67.7 cm³/mol. The Morgan fingerprint density at radius 2 is 2.40 bits per heavy atom. The average Bonchev–Trinajstić information content (AvgIpc) is 2.23. The molecule has 0 amide bonds. The summed E-state index contributed by atoms with van der Waals surface area (Å²) in [6.45, 7) is 6.78. The second-order valence-electron chi connectivity index (χ2n) is 3.84. The van der Waals surface area contributed by atoms with Gasteiger partial charge in [0, 0.05) is 18.4 Å². The number of aliphatic imine (C=N–C) groups is 1. The fraction of sp³-hybridized carbons (Fsp3) is 0.909. The molecule has 0 spiro atoms. The SMILES string of the molecule is CCCCOCCN=C1NC(C)CCS1. The molecule has 0 aliphatic carbocycles. The highest BCUT2D eigenvalue weighted by atomic mass is 32.2. The van der Waals surface area contributed by atoms with Crippen molar-refractivity contribution in [2.75, 3.05) is 25.5 Å². The molecule has 0 radical (unpaired) electrons. The maximum Gasteiger partial charge on any atom is 0.156 e. The van der Waals surface area contributed by atoms with E-state index in [-0.39, 0.29) is 0 Å². The summed E-state index contributed by atoms with van der Waals surface area (Å²) in [6.07, 6.45) is 3.58. The van der Waals surface area contributed by atoms with Crippen molar-refractivity contribution < 1.29 is 4.74 Å². The standard InChI is InChI=1S/C11H22N2OS/c1-3-4-7-14-8-6-12-11-13-10(2)5-9-15-11/h10H,3-9H2,1-2H3,(H,12,13). The normalized spacial score (nSPS) is 24.1. The highest BCUT2D eigenvalue weighted by Crippen LogP contribution is 2.12. The Bertz CT molecular complexity index is 197. The molecule has 1 fully saturated rings. The van der Waals surface area contributed by atoms with Crippen LogP contribution < -0.4 is 5.32 Å². The van der Waals surface area contributed by atoms with Gasteiger partial charge in [-0.1, -0.05) is 25.1 Å². The molecule has 1 rings (SSSR count). The van der Waals surface area contributed by atoms with E-state index in [9.17, 15) is 0 Å². The highest BCUT2D eigenvalue weighted by Gasteiger charge is 2.12. The molecule has 0 saturated carbocycles. The molecule has 1 heterocycles. The number of hydrogen-bond acceptors (Lipinski definition) is 3. The summed E-state index contributed by atoms with van der Waals surface area (Å²) in [7, 11) is 0. The molecule has 0 aromatic carbocycles. The van der Waals surface area contributed by atoms with E-state index in [2.05, 4.69) is 24.2 Å². The molecule has 4 heteroatoms. The first kappa shape index (κ1) is 12.8. The van der Waals surface area contributed by atoms with E-state index in [1.807, 2.05) is 11.8 Å². The van der Waals surface area contributed by atoms with Crippen molar-refractivity contribution in [1.82, 2.24) is 5.32 Å². The van der Waals surface area contributed by atoms with Gasteiger partial charge in [-0.15, -0.1) is 0 Å². The lowest BCUT2D eigenvalue weighted by atomic mass is 10.3. The molecule has 0 aromatic rings. The predicted octanol–water partition coefficient (Wildman–Crippen LogP) is 2.27. The van der Waals surface area contributed by atoms with Crippen molar-refractivity contribution >= 4 is 16.9 Å². The minimum absolute atomic E-state index is 0.575. The lowest BCUT2D eigenvalue weighted by molar-refractivity contribution is 0.139. The summed E-state index contributed by atoms with van der Waals surface area (Å²) in [6, 6.07) is 0.575. The zero-order chi connectivity index (χ0) is 10.9. The smallest absolute Gasteiger partial charge is 0.156 e. The van der Waals surface area contributed by atoms with Crippen molar-refractivity contribution in [2.24, 2.45) is 4.99 Å². The lowest BCUT2D eigenvalue weighted by Crippen LogP contribution is -2.35. The van der Waals surface area contributed by atoms with Gasteiger partial charge in [-0.25, -0.2) is 0 Å². The van der Waals surface area contributed by atoms with Gasteiger partial charge in [0.1, 0.15) is 0 Å². The van der Waals surface area contributed by atoms with Crippen LogP contribution in [0.5, 0.6) is 0 Å². The van der Waals surface area contributed by atoms with Gasteiger partial charge >= 0.3 is 0 Å². The van der Waals surface area contributed by atoms with Crippen LogP contribution in [0.15, 0.2) is 4.99 Å². The van der Waals surface area contributed by atoms with Crippen LogP contribution in [0.25, 0.3) is 0 Å². The molecule has 15 heavy (non-hydrogen) atoms. The van der Waals surface area contributed by atoms with Crippen LogP contribution in [0.1, 0.15) is 33.1 Å². The topological polar surface area (TPSA) is 33.6 Å². The zero-order valence-corrected chi connectivity index (χ0v) is 10.6. The van der Waals surface area contributed by atoms with Crippen LogP contribution in [0, 0.1) is 0 Å². The first-order chi connectivity index (χ1) is 7.33. The van der Waals surface area contributed by atoms with Gasteiger partial charge in [-0.2, -0.15) is 0 Å². The van der Waals surface area contributed by atoms with E-state index in [4.69, 9.17) is 4.74 Å². The number of hydrogen-bond donors (Lipinski definition) is 1. The van der Waals surface area contributed by atoms with Crippen LogP contribution in [0.3, 0.4) is 0 Å². The Labute approximate surface area is 97.1 Å². The molecular weight excluding hydrogens is 208 g/mol. The van der Waals surface area contributed by atoms with Crippen molar-refractivity contribution in [3.8, 4) is 0 Å². The fourth-order valence-corrected chi connectivity index (χ4v) is 2.44. The Kier molecular flexibility index (Phi) is 6.85. The van der Waals surface area contributed by atoms with E-state index in [0.717, 1.165) is 31.3 Å². The maximum absolute atomic E-state index is 5.45. The van der Waals surface area contributed by atoms with Gasteiger partial charge in [0.2, 0.25) is 0 Å². The molecule has 3 nitrogen and oxygen atoms in total. The zero-order valence-electron chi connectivity index (χ0n) is 9.79. The summed E-state index contributed by atoms with van der Waals surface area (Å²) in [5, 5.41) is 4.47. The van der Waals surface area contributed by atoms with Crippen LogP contribution in [0.4, 0.5) is 0 Å². The maximum atomic E-state index is 5.45. The van der Waals surface area contributed by atoms with Crippen LogP contribution in [0.2, 0.25) is 0 Å². The number of nitrogens with one attached hydrogen (secondary N) is 1. The molecule has 1 atom stereocenters. The number of amidine groups is 1. The van der Waals surface area contributed by atoms with Crippen molar-refractivity contribution in [3.63, 3.8) is 0 Å². The molecular formula is C11H22N2OS. The molecule has 88 valence electrons. The molecule has 1 N–H and O–H groups in total. The minimum atomic E-state index is 0.575. The summed E-state index contributed by atoms with van der Waals surface area (Å²) in [5.74, 6) is 1.18. The first-order valence-corrected chi connectivity index (χ1v) is 6.83. The molecule has 1 unspecified atom stereocenters. The van der Waals surface area contributed by atoms with E-state index < -0.39 is 0 Å². The molecule has 1 aliphatic rings. The monoisotopic (exact) mass is 230 g/mol. The van der Waals surface area contributed by atoms with E-state index >= 15 is 0 Å². The minimum Gasteiger partial charge on any atom is -0.380 e. The van der Waals surface area contributed by atoms with Crippen molar-refractivity contribution in [3.05, 3.63) is 0 Å². The van der Waals surface area contributed by atoms with E-state index in [1.54, 1.807) is 0 Å². The highest BCUT2D eigenvalue weighted by molar-refractivity contribution is 8.13. The third-order valence-electron chi connectivity index (χ3n) is 2.29. The Hall–Kier alpha value is -0.220. The van der Waals surface area contributed by atoms with Gasteiger partial charge in [0.15, 0.2) is 5.17 Å². The van der Waals surface area contributed by atoms with Crippen molar-refractivity contribution in [2.45, 2.75) is 39.2 Å². The number of ether oxygens (including phenoxy) is 1. The Morgan fingerprint density at radius 3 is 3.13 bits per heavy atom. The number of nitrogens with zero attached hydrogens (tertiary/aromatic N) is 1. The number of thioether (sulfide) groups is 1. The quantitative estimate of drug-likeness (QED) is 0.711. The first-order valence-electron chi connectivity index (χ1n) is 5.84. The third-order valence-corrected chi connectivity index (χ3v) is 3.25. The second kappa shape index (κ2) is 7.99. The summed E-state index contributed by atoms with van der Waals surface area (Å²) in [5.41, 5.74) is 0. The van der Waals surface area contributed by atoms with Gasteiger partial charge in [-0.3, -0.25) is 4.99 Å². The van der Waals surface area contributed by atoms with Crippen LogP contribution in [-0.2, 0) is 4.74 Å². The molecule has 0 bridgehead atoms. The number of rotatable bonds is 6. The van der Waals surface area contributed by atoms with Crippen LogP contribution in [-0.4, -0.2) is 36.7 Å². The van der Waals surface area contributed by atoms with Crippen molar-refractivity contribution in [1.29, 1.82) is 0 Å². The van der Waals surface area contributed by atoms with Gasteiger partial charge in [-0.05, 0) is 19.8 Å². The molecule has 1 saturated heterocycles. The summed E-state index contributed by atoms with van der Waals surface area (Å²) < 4.78 is 5.45.